The Hall–Kier alpha value is -1.84. The van der Waals surface area contributed by atoms with Gasteiger partial charge in [-0.3, -0.25) is 0 Å². The van der Waals surface area contributed by atoms with Gasteiger partial charge in [-0.05, 0) is 23.8 Å². The molecule has 0 bridgehead atoms. The highest BCUT2D eigenvalue weighted by Gasteiger charge is 2.30. The van der Waals surface area contributed by atoms with Gasteiger partial charge in [0.15, 0.2) is 0 Å². The van der Waals surface area contributed by atoms with Crippen LogP contribution in [0, 0.1) is 5.82 Å². The van der Waals surface area contributed by atoms with Crippen LogP contribution in [-0.2, 0) is 6.18 Å². The van der Waals surface area contributed by atoms with Crippen LogP contribution in [0.4, 0.5) is 17.6 Å². The lowest BCUT2D eigenvalue weighted by atomic mass is 10.0. The molecule has 17 heavy (non-hydrogen) atoms. The highest BCUT2D eigenvalue weighted by Crippen LogP contribution is 2.32. The molecule has 0 radical (unpaired) electrons. The summed E-state index contributed by atoms with van der Waals surface area (Å²) in [5, 5.41) is 0. The van der Waals surface area contributed by atoms with Gasteiger partial charge in [0.25, 0.3) is 0 Å². The Balaban J connectivity index is 2.51. The molecule has 88 valence electrons. The van der Waals surface area contributed by atoms with E-state index in [9.17, 15) is 17.6 Å². The highest BCUT2D eigenvalue weighted by atomic mass is 19.4. The molecule has 0 N–H and O–H groups in total. The number of alkyl halides is 3. The minimum absolute atomic E-state index is 0.165. The molecule has 4 heteroatoms. The van der Waals surface area contributed by atoms with Crippen molar-refractivity contribution in [3.05, 3.63) is 59.9 Å². The van der Waals surface area contributed by atoms with Gasteiger partial charge in [-0.15, -0.1) is 0 Å². The minimum Gasteiger partial charge on any atom is -0.206 e. The van der Waals surface area contributed by atoms with E-state index >= 15 is 0 Å². The smallest absolute Gasteiger partial charge is 0.206 e. The molecule has 0 nitrogen and oxygen atoms in total. The summed E-state index contributed by atoms with van der Waals surface area (Å²) in [6.07, 6.45) is -4.42. The van der Waals surface area contributed by atoms with Gasteiger partial charge in [-0.25, -0.2) is 4.39 Å². The van der Waals surface area contributed by atoms with Crippen LogP contribution in [0.2, 0.25) is 0 Å². The second-order valence-corrected chi connectivity index (χ2v) is 3.56. The van der Waals surface area contributed by atoms with E-state index in [1.54, 1.807) is 6.07 Å². The molecule has 0 aromatic heterocycles. The quantitative estimate of drug-likeness (QED) is 0.643. The zero-order valence-electron chi connectivity index (χ0n) is 8.63. The highest BCUT2D eigenvalue weighted by molar-refractivity contribution is 5.64. The Bertz CT molecular complexity index is 529. The van der Waals surface area contributed by atoms with Crippen LogP contribution in [0.25, 0.3) is 11.1 Å². The maximum absolute atomic E-state index is 13.4. The summed E-state index contributed by atoms with van der Waals surface area (Å²) in [6, 6.07) is 10.4. The number of hydrogen-bond acceptors (Lipinski definition) is 0. The van der Waals surface area contributed by atoms with E-state index in [0.29, 0.717) is 0 Å². The molecule has 0 saturated carbocycles. The van der Waals surface area contributed by atoms with Crippen LogP contribution in [0.3, 0.4) is 0 Å². The molecule has 2 aromatic carbocycles. The van der Waals surface area contributed by atoms with Crippen molar-refractivity contribution >= 4 is 0 Å². The van der Waals surface area contributed by atoms with E-state index in [1.165, 1.54) is 30.3 Å². The molecule has 0 aliphatic rings. The maximum Gasteiger partial charge on any atom is 0.416 e. The van der Waals surface area contributed by atoms with Gasteiger partial charge < -0.3 is 0 Å². The van der Waals surface area contributed by atoms with Gasteiger partial charge in [0.05, 0.1) is 5.56 Å². The zero-order valence-corrected chi connectivity index (χ0v) is 8.63. The van der Waals surface area contributed by atoms with Crippen LogP contribution in [0.5, 0.6) is 0 Å². The SMILES string of the molecule is Fc1ccccc1-c1cccc(C(F)(F)F)c1. The zero-order chi connectivity index (χ0) is 12.5. The first-order valence-electron chi connectivity index (χ1n) is 4.90. The van der Waals surface area contributed by atoms with Crippen LogP contribution in [-0.4, -0.2) is 0 Å². The summed E-state index contributed by atoms with van der Waals surface area (Å²) in [4.78, 5) is 0. The van der Waals surface area contributed by atoms with Crippen LogP contribution in [0.1, 0.15) is 5.56 Å². The molecule has 0 aliphatic heterocycles. The first-order valence-corrected chi connectivity index (χ1v) is 4.90. The van der Waals surface area contributed by atoms with Crippen LogP contribution < -0.4 is 0 Å². The summed E-state index contributed by atoms with van der Waals surface area (Å²) >= 11 is 0. The third-order valence-electron chi connectivity index (χ3n) is 2.37. The van der Waals surface area contributed by atoms with Crippen molar-refractivity contribution < 1.29 is 17.6 Å². The fourth-order valence-corrected chi connectivity index (χ4v) is 1.56. The fraction of sp³-hybridized carbons (Fsp3) is 0.0769. The van der Waals surface area contributed by atoms with E-state index in [1.807, 2.05) is 0 Å². The topological polar surface area (TPSA) is 0 Å². The Labute approximate surface area is 95.5 Å². The molecule has 0 saturated heterocycles. The summed E-state index contributed by atoms with van der Waals surface area (Å²) in [5.74, 6) is -0.535. The van der Waals surface area contributed by atoms with E-state index < -0.39 is 17.6 Å². The fourth-order valence-electron chi connectivity index (χ4n) is 1.56. The summed E-state index contributed by atoms with van der Waals surface area (Å²) < 4.78 is 50.9. The van der Waals surface area contributed by atoms with Gasteiger partial charge in [-0.2, -0.15) is 13.2 Å². The maximum atomic E-state index is 13.4. The predicted molar refractivity (Wildman–Crippen MR) is 56.8 cm³/mol. The van der Waals surface area contributed by atoms with Crippen molar-refractivity contribution in [1.82, 2.24) is 0 Å². The van der Waals surface area contributed by atoms with Gasteiger partial charge in [0.1, 0.15) is 5.82 Å². The summed E-state index contributed by atoms with van der Waals surface area (Å²) in [7, 11) is 0. The average Bonchev–Trinajstić information content (AvgIpc) is 2.29. The number of halogens is 4. The predicted octanol–water partition coefficient (Wildman–Crippen LogP) is 4.51. The first kappa shape index (κ1) is 11.6. The molecule has 0 aliphatic carbocycles. The average molecular weight is 240 g/mol. The molecule has 0 fully saturated rings. The lowest BCUT2D eigenvalue weighted by molar-refractivity contribution is -0.137. The van der Waals surface area contributed by atoms with Gasteiger partial charge in [-0.1, -0.05) is 30.3 Å². The second kappa shape index (κ2) is 4.20. The van der Waals surface area contributed by atoms with Gasteiger partial charge in [0.2, 0.25) is 0 Å². The molecule has 0 atom stereocenters. The number of benzene rings is 2. The number of rotatable bonds is 1. The molecule has 0 heterocycles. The normalized spacial score (nSPS) is 11.5. The van der Waals surface area contributed by atoms with Crippen LogP contribution >= 0.6 is 0 Å². The second-order valence-electron chi connectivity index (χ2n) is 3.56. The lowest BCUT2D eigenvalue weighted by Gasteiger charge is -2.09. The molecular weight excluding hydrogens is 232 g/mol. The van der Waals surface area contributed by atoms with Crippen molar-refractivity contribution in [2.45, 2.75) is 6.18 Å². The van der Waals surface area contributed by atoms with E-state index in [2.05, 4.69) is 0 Å². The molecular formula is C13H8F4. The van der Waals surface area contributed by atoms with Gasteiger partial charge >= 0.3 is 6.18 Å². The van der Waals surface area contributed by atoms with Crippen molar-refractivity contribution in [3.8, 4) is 11.1 Å². The van der Waals surface area contributed by atoms with Crippen molar-refractivity contribution in [3.63, 3.8) is 0 Å². The van der Waals surface area contributed by atoms with Crippen molar-refractivity contribution in [2.24, 2.45) is 0 Å². The molecule has 0 unspecified atom stereocenters. The third kappa shape index (κ3) is 2.46. The van der Waals surface area contributed by atoms with E-state index in [0.717, 1.165) is 12.1 Å². The number of hydrogen-bond donors (Lipinski definition) is 0. The third-order valence-corrected chi connectivity index (χ3v) is 2.37. The Kier molecular flexibility index (Phi) is 2.88. The Morgan fingerprint density at radius 2 is 1.53 bits per heavy atom. The monoisotopic (exact) mass is 240 g/mol. The molecule has 2 rings (SSSR count). The summed E-state index contributed by atoms with van der Waals surface area (Å²) in [6.45, 7) is 0. The Morgan fingerprint density at radius 3 is 2.18 bits per heavy atom. The van der Waals surface area contributed by atoms with E-state index in [4.69, 9.17) is 0 Å². The van der Waals surface area contributed by atoms with Crippen LogP contribution in [0.15, 0.2) is 48.5 Å². The van der Waals surface area contributed by atoms with E-state index in [-0.39, 0.29) is 11.1 Å². The summed E-state index contributed by atoms with van der Waals surface area (Å²) in [5.41, 5.74) is -0.394. The largest absolute Gasteiger partial charge is 0.416 e. The molecule has 0 amide bonds. The minimum atomic E-state index is -4.42. The standard InChI is InChI=1S/C13H8F4/c14-12-7-2-1-6-11(12)9-4-3-5-10(8-9)13(15,16)17/h1-8H. The lowest BCUT2D eigenvalue weighted by Crippen LogP contribution is -2.04. The Morgan fingerprint density at radius 1 is 0.824 bits per heavy atom. The van der Waals surface area contributed by atoms with Crippen molar-refractivity contribution in [1.29, 1.82) is 0 Å². The molecule has 2 aromatic rings. The molecule has 0 spiro atoms. The van der Waals surface area contributed by atoms with Gasteiger partial charge in [0, 0.05) is 5.56 Å². The first-order chi connectivity index (χ1) is 7.98. The van der Waals surface area contributed by atoms with Crippen molar-refractivity contribution in [2.75, 3.05) is 0 Å².